The Labute approximate surface area is 83.1 Å². The number of rotatable bonds is 2. The molecule has 0 radical (unpaired) electrons. The SMILES string of the molecule is COS(=O)c1cc(Cl)ccc1Cl. The second-order valence-electron chi connectivity index (χ2n) is 1.98. The van der Waals surface area contributed by atoms with Crippen molar-refractivity contribution in [1.29, 1.82) is 0 Å². The van der Waals surface area contributed by atoms with Crippen LogP contribution in [-0.4, -0.2) is 11.3 Å². The molecule has 0 heterocycles. The smallest absolute Gasteiger partial charge is 0.190 e. The van der Waals surface area contributed by atoms with Gasteiger partial charge in [-0.15, -0.1) is 0 Å². The summed E-state index contributed by atoms with van der Waals surface area (Å²) in [5, 5.41) is 0.874. The van der Waals surface area contributed by atoms with Gasteiger partial charge >= 0.3 is 0 Å². The zero-order valence-corrected chi connectivity index (χ0v) is 8.54. The van der Waals surface area contributed by atoms with Crippen LogP contribution in [0.4, 0.5) is 0 Å². The highest BCUT2D eigenvalue weighted by Gasteiger charge is 2.08. The van der Waals surface area contributed by atoms with Gasteiger partial charge < -0.3 is 0 Å². The Balaban J connectivity index is 3.13. The van der Waals surface area contributed by atoms with Crippen LogP contribution < -0.4 is 0 Å². The molecule has 1 aromatic rings. The molecule has 0 saturated carbocycles. The van der Waals surface area contributed by atoms with E-state index in [4.69, 9.17) is 23.2 Å². The fraction of sp³-hybridized carbons (Fsp3) is 0.143. The maximum absolute atomic E-state index is 11.1. The summed E-state index contributed by atoms with van der Waals surface area (Å²) in [6.45, 7) is 0. The maximum Gasteiger partial charge on any atom is 0.190 e. The lowest BCUT2D eigenvalue weighted by atomic mass is 10.4. The molecule has 12 heavy (non-hydrogen) atoms. The Morgan fingerprint density at radius 2 is 2.08 bits per heavy atom. The van der Waals surface area contributed by atoms with Crippen molar-refractivity contribution >= 4 is 34.3 Å². The Bertz CT molecular complexity index is 314. The van der Waals surface area contributed by atoms with Crippen molar-refractivity contribution in [3.63, 3.8) is 0 Å². The normalized spacial score (nSPS) is 12.9. The first-order valence-electron chi connectivity index (χ1n) is 3.06. The summed E-state index contributed by atoms with van der Waals surface area (Å²) in [4.78, 5) is 0.395. The molecule has 1 aromatic carbocycles. The standard InChI is InChI=1S/C7H6Cl2O2S/c1-11-12(10)7-4-5(8)2-3-6(7)9/h2-4H,1H3. The Kier molecular flexibility index (Phi) is 3.53. The average molecular weight is 225 g/mol. The van der Waals surface area contributed by atoms with Crippen LogP contribution in [0.25, 0.3) is 0 Å². The molecule has 0 amide bonds. The lowest BCUT2D eigenvalue weighted by Gasteiger charge is -2.01. The fourth-order valence-corrected chi connectivity index (χ4v) is 1.87. The van der Waals surface area contributed by atoms with E-state index in [1.807, 2.05) is 0 Å². The molecule has 1 rings (SSSR count). The largest absolute Gasteiger partial charge is 0.290 e. The fourth-order valence-electron chi connectivity index (χ4n) is 0.695. The molecule has 1 atom stereocenters. The lowest BCUT2D eigenvalue weighted by molar-refractivity contribution is 0.446. The summed E-state index contributed by atoms with van der Waals surface area (Å²) in [5.74, 6) is 0. The van der Waals surface area contributed by atoms with Gasteiger partial charge in [0.05, 0.1) is 17.0 Å². The quantitative estimate of drug-likeness (QED) is 0.773. The molecule has 2 nitrogen and oxygen atoms in total. The van der Waals surface area contributed by atoms with Crippen molar-refractivity contribution in [2.45, 2.75) is 4.90 Å². The zero-order valence-electron chi connectivity index (χ0n) is 6.21. The number of halogens is 2. The van der Waals surface area contributed by atoms with Crippen LogP contribution in [0.2, 0.25) is 10.0 Å². The van der Waals surface area contributed by atoms with Crippen LogP contribution in [0.1, 0.15) is 0 Å². The minimum Gasteiger partial charge on any atom is -0.290 e. The molecule has 0 N–H and O–H groups in total. The van der Waals surface area contributed by atoms with Gasteiger partial charge in [0.1, 0.15) is 0 Å². The third-order valence-corrected chi connectivity index (χ3v) is 2.90. The van der Waals surface area contributed by atoms with E-state index in [1.165, 1.54) is 13.2 Å². The Morgan fingerprint density at radius 3 is 2.67 bits per heavy atom. The van der Waals surface area contributed by atoms with Crippen molar-refractivity contribution in [1.82, 2.24) is 0 Å². The van der Waals surface area contributed by atoms with E-state index in [2.05, 4.69) is 4.18 Å². The third kappa shape index (κ3) is 2.20. The molecule has 0 aromatic heterocycles. The van der Waals surface area contributed by atoms with Crippen LogP contribution in [0.5, 0.6) is 0 Å². The molecule has 0 aliphatic heterocycles. The van der Waals surface area contributed by atoms with Gasteiger partial charge in [-0.1, -0.05) is 23.2 Å². The van der Waals surface area contributed by atoms with Gasteiger partial charge in [-0.3, -0.25) is 4.18 Å². The number of benzene rings is 1. The second-order valence-corrected chi connectivity index (χ2v) is 4.06. The summed E-state index contributed by atoms with van der Waals surface area (Å²) in [5.41, 5.74) is 0. The molecular formula is C7H6Cl2O2S. The van der Waals surface area contributed by atoms with E-state index in [0.717, 1.165) is 0 Å². The van der Waals surface area contributed by atoms with E-state index in [9.17, 15) is 4.21 Å². The predicted molar refractivity (Wildman–Crippen MR) is 49.9 cm³/mol. The van der Waals surface area contributed by atoms with Crippen LogP contribution in [0, 0.1) is 0 Å². The molecule has 5 heteroatoms. The Morgan fingerprint density at radius 1 is 1.42 bits per heavy atom. The van der Waals surface area contributed by atoms with E-state index in [1.54, 1.807) is 12.1 Å². The lowest BCUT2D eigenvalue weighted by Crippen LogP contribution is -1.93. The minimum atomic E-state index is -1.53. The molecule has 0 fully saturated rings. The van der Waals surface area contributed by atoms with Crippen LogP contribution >= 0.6 is 23.2 Å². The average Bonchev–Trinajstić information content (AvgIpc) is 2.08. The summed E-state index contributed by atoms with van der Waals surface area (Å²) in [7, 11) is 1.34. The summed E-state index contributed by atoms with van der Waals surface area (Å²) in [6, 6.07) is 4.72. The zero-order chi connectivity index (χ0) is 9.14. The highest BCUT2D eigenvalue weighted by molar-refractivity contribution is 7.80. The Hall–Kier alpha value is -0.0900. The van der Waals surface area contributed by atoms with Crippen molar-refractivity contribution in [2.75, 3.05) is 7.11 Å². The third-order valence-electron chi connectivity index (χ3n) is 1.22. The van der Waals surface area contributed by atoms with Crippen LogP contribution in [-0.2, 0) is 15.3 Å². The van der Waals surface area contributed by atoms with E-state index in [0.29, 0.717) is 14.9 Å². The summed E-state index contributed by atoms with van der Waals surface area (Å²) >= 11 is 9.88. The monoisotopic (exact) mass is 224 g/mol. The van der Waals surface area contributed by atoms with E-state index >= 15 is 0 Å². The van der Waals surface area contributed by atoms with Crippen LogP contribution in [0.3, 0.4) is 0 Å². The number of hydrogen-bond acceptors (Lipinski definition) is 2. The molecule has 66 valence electrons. The number of hydrogen-bond donors (Lipinski definition) is 0. The highest BCUT2D eigenvalue weighted by atomic mass is 35.5. The van der Waals surface area contributed by atoms with Gasteiger partial charge in [0.25, 0.3) is 0 Å². The van der Waals surface area contributed by atoms with Gasteiger partial charge in [-0.2, -0.15) is 0 Å². The van der Waals surface area contributed by atoms with Gasteiger partial charge in [0.15, 0.2) is 11.1 Å². The molecule has 0 spiro atoms. The van der Waals surface area contributed by atoms with Crippen molar-refractivity contribution in [3.8, 4) is 0 Å². The van der Waals surface area contributed by atoms with Gasteiger partial charge in [-0.05, 0) is 18.2 Å². The highest BCUT2D eigenvalue weighted by Crippen LogP contribution is 2.23. The molecule has 0 aliphatic rings. The molecule has 0 saturated heterocycles. The van der Waals surface area contributed by atoms with Crippen molar-refractivity contribution in [2.24, 2.45) is 0 Å². The molecule has 0 aliphatic carbocycles. The van der Waals surface area contributed by atoms with E-state index in [-0.39, 0.29) is 0 Å². The minimum absolute atomic E-state index is 0.389. The van der Waals surface area contributed by atoms with Crippen LogP contribution in [0.15, 0.2) is 23.1 Å². The maximum atomic E-state index is 11.1. The first kappa shape index (κ1) is 9.99. The molecule has 1 unspecified atom stereocenters. The summed E-state index contributed by atoms with van der Waals surface area (Å²) < 4.78 is 15.7. The first-order chi connectivity index (χ1) is 5.65. The van der Waals surface area contributed by atoms with E-state index < -0.39 is 11.1 Å². The van der Waals surface area contributed by atoms with Gasteiger partial charge in [-0.25, -0.2) is 4.21 Å². The molecule has 0 bridgehead atoms. The van der Waals surface area contributed by atoms with Gasteiger partial charge in [0.2, 0.25) is 0 Å². The van der Waals surface area contributed by atoms with Crippen molar-refractivity contribution in [3.05, 3.63) is 28.2 Å². The molecular weight excluding hydrogens is 219 g/mol. The first-order valence-corrected chi connectivity index (χ1v) is 4.89. The summed E-state index contributed by atoms with van der Waals surface area (Å²) in [6.07, 6.45) is 0. The topological polar surface area (TPSA) is 26.3 Å². The van der Waals surface area contributed by atoms with Gasteiger partial charge in [0, 0.05) is 5.02 Å². The predicted octanol–water partition coefficient (Wildman–Crippen LogP) is 2.66. The van der Waals surface area contributed by atoms with Crippen molar-refractivity contribution < 1.29 is 8.39 Å². The second kappa shape index (κ2) is 4.23.